The number of fused-ring (bicyclic) bond motifs is 2. The number of likely N-dealkylation sites (tertiary alicyclic amines) is 1. The summed E-state index contributed by atoms with van der Waals surface area (Å²) in [5.41, 5.74) is 3.82. The highest BCUT2D eigenvalue weighted by atomic mass is 35.5. The Labute approximate surface area is 254 Å². The Kier molecular flexibility index (Phi) is 7.71. The number of carbonyl (C=O) groups excluding carboxylic acids is 1. The number of methoxy groups -OCH3 is 1. The summed E-state index contributed by atoms with van der Waals surface area (Å²) >= 11 is 5.97. The molecule has 2 saturated heterocycles. The number of halogens is 2. The SMILES string of the molecule is COC(=O)c1ccc2nc(CN3CCC(c4cccc5c4OC(c4ccc(Cl)cc4F)CO5)CC3)n(CC3CCO3)c2c1. The Bertz CT molecular complexity index is 1660. The lowest BCUT2D eigenvalue weighted by molar-refractivity contribution is -0.0592. The van der Waals surface area contributed by atoms with Crippen LogP contribution in [0.25, 0.3) is 11.0 Å². The predicted molar refractivity (Wildman–Crippen MR) is 159 cm³/mol. The zero-order valence-corrected chi connectivity index (χ0v) is 24.7. The number of rotatable bonds is 7. The maximum absolute atomic E-state index is 14.7. The number of hydrogen-bond donors (Lipinski definition) is 0. The first-order valence-electron chi connectivity index (χ1n) is 14.8. The van der Waals surface area contributed by atoms with E-state index < -0.39 is 11.9 Å². The van der Waals surface area contributed by atoms with Gasteiger partial charge >= 0.3 is 5.97 Å². The van der Waals surface area contributed by atoms with Crippen LogP contribution in [0, 0.1) is 5.82 Å². The van der Waals surface area contributed by atoms with Gasteiger partial charge in [-0.25, -0.2) is 14.2 Å². The van der Waals surface area contributed by atoms with Crippen molar-refractivity contribution >= 4 is 28.6 Å². The highest BCUT2D eigenvalue weighted by Crippen LogP contribution is 2.45. The Balaban J connectivity index is 1.07. The van der Waals surface area contributed by atoms with Crippen LogP contribution in [-0.4, -0.2) is 59.9 Å². The molecular formula is C33H33ClFN3O5. The predicted octanol–water partition coefficient (Wildman–Crippen LogP) is 6.30. The lowest BCUT2D eigenvalue weighted by Crippen LogP contribution is -2.35. The van der Waals surface area contributed by atoms with E-state index in [1.807, 2.05) is 24.3 Å². The Morgan fingerprint density at radius 1 is 1.09 bits per heavy atom. The second kappa shape index (κ2) is 11.8. The van der Waals surface area contributed by atoms with E-state index in [2.05, 4.69) is 15.5 Å². The van der Waals surface area contributed by atoms with Crippen molar-refractivity contribution < 1.29 is 28.1 Å². The van der Waals surface area contributed by atoms with Gasteiger partial charge in [-0.15, -0.1) is 0 Å². The molecule has 3 aliphatic heterocycles. The molecule has 0 radical (unpaired) electrons. The summed E-state index contributed by atoms with van der Waals surface area (Å²) < 4.78 is 40.0. The molecule has 8 nitrogen and oxygen atoms in total. The van der Waals surface area contributed by atoms with Crippen LogP contribution in [0.3, 0.4) is 0 Å². The third-order valence-electron chi connectivity index (χ3n) is 8.79. The van der Waals surface area contributed by atoms with Gasteiger partial charge in [0, 0.05) is 22.8 Å². The van der Waals surface area contributed by atoms with Gasteiger partial charge in [-0.05, 0) is 74.7 Å². The van der Waals surface area contributed by atoms with Crippen molar-refractivity contribution in [3.8, 4) is 11.5 Å². The summed E-state index contributed by atoms with van der Waals surface area (Å²) in [6, 6.07) is 16.2. The van der Waals surface area contributed by atoms with Gasteiger partial charge in [0.05, 0.1) is 42.9 Å². The van der Waals surface area contributed by atoms with Crippen molar-refractivity contribution in [1.29, 1.82) is 0 Å². The van der Waals surface area contributed by atoms with Crippen LogP contribution in [0.15, 0.2) is 54.6 Å². The lowest BCUT2D eigenvalue weighted by Gasteiger charge is -2.35. The van der Waals surface area contributed by atoms with E-state index >= 15 is 0 Å². The molecule has 10 heteroatoms. The first-order chi connectivity index (χ1) is 21.0. The van der Waals surface area contributed by atoms with Gasteiger partial charge in [-0.2, -0.15) is 0 Å². The summed E-state index contributed by atoms with van der Waals surface area (Å²) in [6.45, 7) is 4.20. The second-order valence-electron chi connectivity index (χ2n) is 11.4. The molecule has 4 heterocycles. The average Bonchev–Trinajstić information content (AvgIpc) is 3.34. The van der Waals surface area contributed by atoms with Gasteiger partial charge in [0.25, 0.3) is 0 Å². The van der Waals surface area contributed by atoms with E-state index in [1.54, 1.807) is 18.2 Å². The minimum atomic E-state index is -0.543. The first-order valence-corrected chi connectivity index (χ1v) is 15.1. The number of ether oxygens (including phenoxy) is 4. The van der Waals surface area contributed by atoms with Gasteiger partial charge in [-0.1, -0.05) is 29.8 Å². The molecular weight excluding hydrogens is 573 g/mol. The molecule has 3 aromatic carbocycles. The summed E-state index contributed by atoms with van der Waals surface area (Å²) in [5, 5.41) is 0.351. The molecule has 0 aliphatic carbocycles. The van der Waals surface area contributed by atoms with Crippen LogP contribution in [0.5, 0.6) is 11.5 Å². The van der Waals surface area contributed by atoms with Crippen molar-refractivity contribution in [2.24, 2.45) is 0 Å². The minimum absolute atomic E-state index is 0.153. The van der Waals surface area contributed by atoms with Gasteiger partial charge < -0.3 is 23.5 Å². The smallest absolute Gasteiger partial charge is 0.337 e. The fourth-order valence-electron chi connectivity index (χ4n) is 6.33. The number of hydrogen-bond acceptors (Lipinski definition) is 7. The van der Waals surface area contributed by atoms with Gasteiger partial charge in [-0.3, -0.25) is 4.90 Å². The second-order valence-corrected chi connectivity index (χ2v) is 11.9. The van der Waals surface area contributed by atoms with Crippen molar-refractivity contribution in [3.05, 3.63) is 88.0 Å². The fourth-order valence-corrected chi connectivity index (χ4v) is 6.49. The molecule has 2 fully saturated rings. The van der Waals surface area contributed by atoms with Crippen molar-refractivity contribution in [2.45, 2.75) is 50.5 Å². The average molecular weight is 606 g/mol. The topological polar surface area (TPSA) is 75.0 Å². The van der Waals surface area contributed by atoms with Crippen LogP contribution >= 0.6 is 11.6 Å². The van der Waals surface area contributed by atoms with E-state index in [-0.39, 0.29) is 24.6 Å². The zero-order valence-electron chi connectivity index (χ0n) is 23.9. The summed E-state index contributed by atoms with van der Waals surface area (Å²) in [6.07, 6.45) is 2.51. The van der Waals surface area contributed by atoms with E-state index in [9.17, 15) is 9.18 Å². The lowest BCUT2D eigenvalue weighted by atomic mass is 9.88. The fraction of sp³-hybridized carbons (Fsp3) is 0.394. The molecule has 0 saturated carbocycles. The molecule has 3 aliphatic rings. The van der Waals surface area contributed by atoms with Crippen molar-refractivity contribution in [3.63, 3.8) is 0 Å². The number of piperidine rings is 1. The monoisotopic (exact) mass is 605 g/mol. The largest absolute Gasteiger partial charge is 0.485 e. The number of para-hydroxylation sites is 1. The van der Waals surface area contributed by atoms with Gasteiger partial charge in [0.1, 0.15) is 18.2 Å². The van der Waals surface area contributed by atoms with Crippen LogP contribution in [-0.2, 0) is 22.6 Å². The highest BCUT2D eigenvalue weighted by molar-refractivity contribution is 6.30. The minimum Gasteiger partial charge on any atom is -0.485 e. The van der Waals surface area contributed by atoms with E-state index in [0.29, 0.717) is 40.7 Å². The van der Waals surface area contributed by atoms with E-state index in [1.165, 1.54) is 13.2 Å². The van der Waals surface area contributed by atoms with Crippen LogP contribution < -0.4 is 9.47 Å². The number of nitrogens with zero attached hydrogens (tertiary/aromatic N) is 3. The summed E-state index contributed by atoms with van der Waals surface area (Å²) in [5.74, 6) is 1.90. The van der Waals surface area contributed by atoms with E-state index in [4.69, 9.17) is 35.5 Å². The summed E-state index contributed by atoms with van der Waals surface area (Å²) in [4.78, 5) is 19.6. The van der Waals surface area contributed by atoms with Gasteiger partial charge in [0.15, 0.2) is 17.6 Å². The molecule has 7 rings (SSSR count). The molecule has 1 aromatic heterocycles. The quantitative estimate of drug-likeness (QED) is 0.229. The molecule has 0 bridgehead atoms. The number of benzene rings is 3. The number of carbonyl (C=O) groups is 1. The first kappa shape index (κ1) is 28.1. The molecule has 0 spiro atoms. The standard InChI is InChI=1S/C33H33ClFN3O5/c1-40-33(39)21-5-8-27-28(15-21)38(17-23-11-14-41-23)31(36-27)18-37-12-9-20(10-13-37)24-3-2-4-29-32(24)43-30(19-42-29)25-7-6-22(34)16-26(25)35/h2-8,15-16,20,23,30H,9-14,17-19H2,1H3. The molecule has 224 valence electrons. The van der Waals surface area contributed by atoms with Gasteiger partial charge in [0.2, 0.25) is 0 Å². The molecule has 0 N–H and O–H groups in total. The third-order valence-corrected chi connectivity index (χ3v) is 9.02. The Morgan fingerprint density at radius 3 is 2.67 bits per heavy atom. The molecule has 0 amide bonds. The van der Waals surface area contributed by atoms with Crippen LogP contribution in [0.1, 0.15) is 58.6 Å². The van der Waals surface area contributed by atoms with Crippen molar-refractivity contribution in [1.82, 2.24) is 14.5 Å². The highest BCUT2D eigenvalue weighted by Gasteiger charge is 2.31. The number of imidazole rings is 1. The molecule has 2 atom stereocenters. The third kappa shape index (κ3) is 5.57. The zero-order chi connectivity index (χ0) is 29.5. The normalized spacial score (nSPS) is 20.6. The Hall–Kier alpha value is -3.66. The number of aromatic nitrogens is 2. The summed E-state index contributed by atoms with van der Waals surface area (Å²) in [7, 11) is 1.39. The maximum Gasteiger partial charge on any atom is 0.337 e. The number of esters is 1. The van der Waals surface area contributed by atoms with Crippen LogP contribution in [0.2, 0.25) is 5.02 Å². The Morgan fingerprint density at radius 2 is 1.93 bits per heavy atom. The molecule has 2 unspecified atom stereocenters. The van der Waals surface area contributed by atoms with E-state index in [0.717, 1.165) is 61.4 Å². The molecule has 4 aromatic rings. The maximum atomic E-state index is 14.7. The van der Waals surface area contributed by atoms with Crippen LogP contribution in [0.4, 0.5) is 4.39 Å². The molecule has 43 heavy (non-hydrogen) atoms. The van der Waals surface area contributed by atoms with Crippen molar-refractivity contribution in [2.75, 3.05) is 33.4 Å².